The van der Waals surface area contributed by atoms with Gasteiger partial charge in [-0.1, -0.05) is 25.0 Å². The van der Waals surface area contributed by atoms with E-state index in [9.17, 15) is 18.9 Å². The lowest BCUT2D eigenvalue weighted by Crippen LogP contribution is -2.55. The predicted molar refractivity (Wildman–Crippen MR) is 89.7 cm³/mol. The van der Waals surface area contributed by atoms with Gasteiger partial charge in [0.25, 0.3) is 5.91 Å². The Kier molecular flexibility index (Phi) is 5.57. The third-order valence-electron chi connectivity index (χ3n) is 4.46. The molecule has 0 aliphatic heterocycles. The number of carbonyl (C=O) groups is 2. The molecular formula is C17H23NO4S. The van der Waals surface area contributed by atoms with E-state index in [1.807, 2.05) is 13.0 Å². The Labute approximate surface area is 138 Å². The number of amides is 1. The summed E-state index contributed by atoms with van der Waals surface area (Å²) in [6.45, 7) is 1.81. The largest absolute Gasteiger partial charge is 0.481 e. The van der Waals surface area contributed by atoms with E-state index in [0.29, 0.717) is 24.2 Å². The number of hydrogen-bond donors (Lipinski definition) is 2. The standard InChI is InChI=1S/C17H23NO4S/c1-17(9-4-3-8-14(17)16(20)21)18-15(19)13-7-5-6-12(10-13)11-23(2)22/h5-7,10,14H,3-4,8-9,11H2,1-2H3,(H,18,19)(H,20,21). The molecule has 2 rings (SSSR count). The van der Waals surface area contributed by atoms with Crippen LogP contribution in [-0.2, 0) is 21.3 Å². The maximum absolute atomic E-state index is 12.5. The van der Waals surface area contributed by atoms with Gasteiger partial charge in [0.1, 0.15) is 0 Å². The minimum absolute atomic E-state index is 0.274. The van der Waals surface area contributed by atoms with Crippen LogP contribution in [0.2, 0.25) is 0 Å². The van der Waals surface area contributed by atoms with Crippen LogP contribution in [0.15, 0.2) is 24.3 Å². The summed E-state index contributed by atoms with van der Waals surface area (Å²) < 4.78 is 11.3. The van der Waals surface area contributed by atoms with Crippen LogP contribution in [0.1, 0.15) is 48.5 Å². The number of carbonyl (C=O) groups excluding carboxylic acids is 1. The summed E-state index contributed by atoms with van der Waals surface area (Å²) in [7, 11) is -0.974. The second-order valence-corrected chi connectivity index (χ2v) is 7.86. The third-order valence-corrected chi connectivity index (χ3v) is 5.20. The van der Waals surface area contributed by atoms with Crippen molar-refractivity contribution in [1.82, 2.24) is 5.32 Å². The zero-order valence-corrected chi connectivity index (χ0v) is 14.3. The van der Waals surface area contributed by atoms with Gasteiger partial charge in [0.05, 0.1) is 11.5 Å². The number of nitrogens with one attached hydrogen (secondary N) is 1. The first-order valence-corrected chi connectivity index (χ1v) is 9.49. The smallest absolute Gasteiger partial charge is 0.308 e. The van der Waals surface area contributed by atoms with Crippen LogP contribution in [0.25, 0.3) is 0 Å². The van der Waals surface area contributed by atoms with Crippen molar-refractivity contribution in [1.29, 1.82) is 0 Å². The SMILES string of the molecule is CS(=O)Cc1cccc(C(=O)NC2(C)CCCCC2C(=O)O)c1. The molecule has 5 nitrogen and oxygen atoms in total. The molecule has 1 aromatic rings. The molecule has 0 radical (unpaired) electrons. The molecule has 1 aromatic carbocycles. The van der Waals surface area contributed by atoms with Crippen LogP contribution in [0.5, 0.6) is 0 Å². The number of hydrogen-bond acceptors (Lipinski definition) is 3. The summed E-state index contributed by atoms with van der Waals surface area (Å²) >= 11 is 0. The highest BCUT2D eigenvalue weighted by Gasteiger charge is 2.42. The summed E-state index contributed by atoms with van der Waals surface area (Å²) in [4.78, 5) is 24.0. The summed E-state index contributed by atoms with van der Waals surface area (Å²) in [5.74, 6) is -1.30. The highest BCUT2D eigenvalue weighted by Crippen LogP contribution is 2.34. The molecule has 1 fully saturated rings. The number of rotatable bonds is 5. The molecule has 0 aromatic heterocycles. The van der Waals surface area contributed by atoms with E-state index in [1.54, 1.807) is 24.5 Å². The Morgan fingerprint density at radius 3 is 2.78 bits per heavy atom. The van der Waals surface area contributed by atoms with Crippen molar-refractivity contribution in [2.75, 3.05) is 6.26 Å². The molecule has 1 aliphatic rings. The first-order chi connectivity index (χ1) is 10.8. The van der Waals surface area contributed by atoms with Crippen molar-refractivity contribution >= 4 is 22.7 Å². The Morgan fingerprint density at radius 1 is 1.39 bits per heavy atom. The van der Waals surface area contributed by atoms with Gasteiger partial charge < -0.3 is 10.4 Å². The normalized spacial score (nSPS) is 25.6. The van der Waals surface area contributed by atoms with E-state index in [-0.39, 0.29) is 5.91 Å². The van der Waals surface area contributed by atoms with Crippen LogP contribution < -0.4 is 5.32 Å². The number of benzene rings is 1. The quantitative estimate of drug-likeness (QED) is 0.864. The van der Waals surface area contributed by atoms with Gasteiger partial charge in [-0.3, -0.25) is 13.8 Å². The zero-order chi connectivity index (χ0) is 17.0. The molecule has 3 unspecified atom stereocenters. The van der Waals surface area contributed by atoms with E-state index in [1.165, 1.54) is 0 Å². The van der Waals surface area contributed by atoms with Gasteiger partial charge >= 0.3 is 5.97 Å². The van der Waals surface area contributed by atoms with E-state index >= 15 is 0 Å². The summed E-state index contributed by atoms with van der Waals surface area (Å²) in [6, 6.07) is 7.01. The molecule has 126 valence electrons. The van der Waals surface area contributed by atoms with Crippen molar-refractivity contribution in [3.8, 4) is 0 Å². The molecule has 1 aliphatic carbocycles. The van der Waals surface area contributed by atoms with Crippen molar-refractivity contribution in [3.05, 3.63) is 35.4 Å². The number of aliphatic carboxylic acids is 1. The summed E-state index contributed by atoms with van der Waals surface area (Å²) in [6.07, 6.45) is 4.65. The minimum Gasteiger partial charge on any atom is -0.481 e. The van der Waals surface area contributed by atoms with Crippen LogP contribution >= 0.6 is 0 Å². The van der Waals surface area contributed by atoms with Gasteiger partial charge in [-0.15, -0.1) is 0 Å². The lowest BCUT2D eigenvalue weighted by Gasteiger charge is -2.39. The highest BCUT2D eigenvalue weighted by molar-refractivity contribution is 7.83. The second-order valence-electron chi connectivity index (χ2n) is 6.43. The lowest BCUT2D eigenvalue weighted by atomic mass is 9.73. The van der Waals surface area contributed by atoms with Crippen LogP contribution in [0, 0.1) is 5.92 Å². The highest BCUT2D eigenvalue weighted by atomic mass is 32.2. The van der Waals surface area contributed by atoms with Crippen LogP contribution in [0.3, 0.4) is 0 Å². The van der Waals surface area contributed by atoms with Crippen molar-refractivity contribution in [2.24, 2.45) is 5.92 Å². The molecule has 0 spiro atoms. The van der Waals surface area contributed by atoms with Gasteiger partial charge in [-0.05, 0) is 37.5 Å². The van der Waals surface area contributed by atoms with Crippen molar-refractivity contribution in [2.45, 2.75) is 43.9 Å². The van der Waals surface area contributed by atoms with Crippen LogP contribution in [0.4, 0.5) is 0 Å². The predicted octanol–water partition coefficient (Wildman–Crippen LogP) is 2.33. The first kappa shape index (κ1) is 17.7. The monoisotopic (exact) mass is 337 g/mol. The molecule has 1 saturated carbocycles. The van der Waals surface area contributed by atoms with Crippen LogP contribution in [-0.4, -0.2) is 33.0 Å². The summed E-state index contributed by atoms with van der Waals surface area (Å²) in [5, 5.41) is 12.3. The number of carboxylic acid groups (broad SMARTS) is 1. The fourth-order valence-corrected chi connectivity index (χ4v) is 3.90. The Bertz CT molecular complexity index is 631. The van der Waals surface area contributed by atoms with Crippen molar-refractivity contribution in [3.63, 3.8) is 0 Å². The number of carboxylic acids is 1. The maximum atomic E-state index is 12.5. The third kappa shape index (κ3) is 4.41. The first-order valence-electron chi connectivity index (χ1n) is 7.76. The Hall–Kier alpha value is -1.69. The van der Waals surface area contributed by atoms with Gasteiger partial charge in [0, 0.05) is 28.4 Å². The van der Waals surface area contributed by atoms with Gasteiger partial charge in [0.2, 0.25) is 0 Å². The van der Waals surface area contributed by atoms with E-state index in [2.05, 4.69) is 5.32 Å². The average molecular weight is 337 g/mol. The maximum Gasteiger partial charge on any atom is 0.308 e. The van der Waals surface area contributed by atoms with Crippen molar-refractivity contribution < 1.29 is 18.9 Å². The average Bonchev–Trinajstić information content (AvgIpc) is 2.46. The molecule has 0 saturated heterocycles. The topological polar surface area (TPSA) is 83.5 Å². The second kappa shape index (κ2) is 7.25. The fraction of sp³-hybridized carbons (Fsp3) is 0.529. The molecular weight excluding hydrogens is 314 g/mol. The fourth-order valence-electron chi connectivity index (χ4n) is 3.25. The Balaban J connectivity index is 2.17. The van der Waals surface area contributed by atoms with E-state index in [0.717, 1.165) is 18.4 Å². The molecule has 6 heteroatoms. The van der Waals surface area contributed by atoms with E-state index in [4.69, 9.17) is 0 Å². The summed E-state index contributed by atoms with van der Waals surface area (Å²) in [5.41, 5.74) is 0.580. The van der Waals surface area contributed by atoms with Gasteiger partial charge in [-0.2, -0.15) is 0 Å². The molecule has 23 heavy (non-hydrogen) atoms. The molecule has 2 N–H and O–H groups in total. The zero-order valence-electron chi connectivity index (χ0n) is 13.5. The lowest BCUT2D eigenvalue weighted by molar-refractivity contribution is -0.145. The van der Waals surface area contributed by atoms with Gasteiger partial charge in [0.15, 0.2) is 0 Å². The Morgan fingerprint density at radius 2 is 2.13 bits per heavy atom. The molecule has 0 bridgehead atoms. The molecule has 0 heterocycles. The minimum atomic E-state index is -0.974. The van der Waals surface area contributed by atoms with Gasteiger partial charge in [-0.25, -0.2) is 0 Å². The molecule has 1 amide bonds. The van der Waals surface area contributed by atoms with E-state index < -0.39 is 28.2 Å². The molecule has 3 atom stereocenters.